The van der Waals surface area contributed by atoms with Crippen molar-refractivity contribution in [1.29, 1.82) is 0 Å². The Labute approximate surface area is 163 Å². The van der Waals surface area contributed by atoms with Crippen molar-refractivity contribution in [2.45, 2.75) is 4.90 Å². The van der Waals surface area contributed by atoms with Crippen molar-refractivity contribution in [2.75, 3.05) is 6.26 Å². The predicted molar refractivity (Wildman–Crippen MR) is 98.2 cm³/mol. The van der Waals surface area contributed by atoms with Gasteiger partial charge in [-0.15, -0.1) is 0 Å². The molecule has 0 N–H and O–H groups in total. The van der Waals surface area contributed by atoms with Gasteiger partial charge in [-0.3, -0.25) is 0 Å². The van der Waals surface area contributed by atoms with Crippen molar-refractivity contribution >= 4 is 41.7 Å². The molecule has 0 atom stereocenters. The minimum absolute atomic E-state index is 0.0588. The number of rotatable bonds is 3. The van der Waals surface area contributed by atoms with E-state index in [9.17, 15) is 22.0 Å². The zero-order valence-electron chi connectivity index (χ0n) is 13.0. The maximum Gasteiger partial charge on any atom is 0.424 e. The first-order valence-electron chi connectivity index (χ1n) is 6.94. The zero-order chi connectivity index (χ0) is 19.2. The molecule has 10 heteroatoms. The molecule has 0 amide bonds. The summed E-state index contributed by atoms with van der Waals surface area (Å²) in [4.78, 5) is 11.3. The zero-order valence-corrected chi connectivity index (χ0v) is 17.0. The van der Waals surface area contributed by atoms with E-state index in [4.69, 9.17) is 4.42 Å². The maximum absolute atomic E-state index is 14.5. The van der Waals surface area contributed by atoms with Crippen molar-refractivity contribution in [2.24, 2.45) is 0 Å². The summed E-state index contributed by atoms with van der Waals surface area (Å²) >= 11 is 6.57. The molecule has 1 aromatic heterocycles. The molecule has 0 saturated heterocycles. The number of hydrogen-bond acceptors (Lipinski definition) is 4. The molecule has 0 radical (unpaired) electrons. The Hall–Kier alpha value is -1.78. The van der Waals surface area contributed by atoms with Gasteiger partial charge in [-0.25, -0.2) is 26.6 Å². The van der Waals surface area contributed by atoms with Crippen LogP contribution in [-0.4, -0.2) is 19.2 Å². The minimum atomic E-state index is -3.94. The molecule has 0 aliphatic carbocycles. The largest absolute Gasteiger partial charge is 0.424 e. The number of halogens is 4. The van der Waals surface area contributed by atoms with Crippen LogP contribution >= 0.6 is 31.9 Å². The van der Waals surface area contributed by atoms with Gasteiger partial charge in [-0.2, -0.15) is 0 Å². The molecule has 0 bridgehead atoms. The number of sulfone groups is 1. The average molecular weight is 509 g/mol. The number of oxazole rings is 1. The van der Waals surface area contributed by atoms with E-state index in [-0.39, 0.29) is 11.3 Å². The molecule has 0 aliphatic rings. The molecule has 0 aliphatic heterocycles. The summed E-state index contributed by atoms with van der Waals surface area (Å²) < 4.78 is 58.9. The van der Waals surface area contributed by atoms with Crippen LogP contribution in [0.1, 0.15) is 0 Å². The molecule has 0 fully saturated rings. The maximum atomic E-state index is 14.5. The molecule has 26 heavy (non-hydrogen) atoms. The lowest BCUT2D eigenvalue weighted by molar-refractivity contribution is 0.504. The molecule has 2 aromatic carbocycles. The van der Waals surface area contributed by atoms with Gasteiger partial charge < -0.3 is 4.42 Å². The van der Waals surface area contributed by atoms with Gasteiger partial charge in [-0.1, -0.05) is 31.9 Å². The van der Waals surface area contributed by atoms with E-state index in [1.165, 1.54) is 0 Å². The first-order chi connectivity index (χ1) is 12.1. The molecule has 0 spiro atoms. The van der Waals surface area contributed by atoms with E-state index in [0.717, 1.165) is 23.2 Å². The summed E-state index contributed by atoms with van der Waals surface area (Å²) in [6.45, 7) is 0. The number of nitrogens with zero attached hydrogens (tertiary/aromatic N) is 1. The third-order valence-electron chi connectivity index (χ3n) is 3.50. The fraction of sp³-hybridized carbons (Fsp3) is 0.0625. The Morgan fingerprint density at radius 1 is 1.00 bits per heavy atom. The topological polar surface area (TPSA) is 69.3 Å². The van der Waals surface area contributed by atoms with Gasteiger partial charge in [-0.05, 0) is 30.3 Å². The third-order valence-corrected chi connectivity index (χ3v) is 5.52. The normalized spacial score (nSPS) is 11.7. The Morgan fingerprint density at radius 3 is 2.19 bits per heavy atom. The molecular formula is C16H9Br2F2NO4S. The van der Waals surface area contributed by atoms with E-state index in [2.05, 4.69) is 31.9 Å². The quantitative estimate of drug-likeness (QED) is 0.528. The van der Waals surface area contributed by atoms with Crippen molar-refractivity contribution in [3.63, 3.8) is 0 Å². The molecule has 5 nitrogen and oxygen atoms in total. The van der Waals surface area contributed by atoms with Crippen molar-refractivity contribution in [3.05, 3.63) is 67.7 Å². The van der Waals surface area contributed by atoms with Crippen LogP contribution in [0.4, 0.5) is 8.78 Å². The monoisotopic (exact) mass is 507 g/mol. The van der Waals surface area contributed by atoms with E-state index >= 15 is 0 Å². The highest BCUT2D eigenvalue weighted by Crippen LogP contribution is 2.30. The second-order valence-corrected chi connectivity index (χ2v) is 9.20. The fourth-order valence-electron chi connectivity index (χ4n) is 2.42. The van der Waals surface area contributed by atoms with Crippen LogP contribution in [0.3, 0.4) is 0 Å². The predicted octanol–water partition coefficient (Wildman–Crippen LogP) is 4.30. The van der Waals surface area contributed by atoms with Crippen LogP contribution < -0.4 is 5.76 Å². The molecule has 0 saturated carbocycles. The van der Waals surface area contributed by atoms with Crippen molar-refractivity contribution < 1.29 is 21.6 Å². The summed E-state index contributed by atoms with van der Waals surface area (Å²) in [5.41, 5.74) is -0.0275. The lowest BCUT2D eigenvalue weighted by Gasteiger charge is -2.10. The highest BCUT2D eigenvalue weighted by Gasteiger charge is 2.22. The van der Waals surface area contributed by atoms with E-state index in [0.29, 0.717) is 20.7 Å². The van der Waals surface area contributed by atoms with E-state index in [1.54, 1.807) is 18.2 Å². The lowest BCUT2D eigenvalue weighted by Crippen LogP contribution is -2.14. The minimum Gasteiger partial charge on any atom is -0.415 e. The molecule has 3 rings (SSSR count). The Bertz CT molecular complexity index is 1170. The number of aromatic nitrogens is 1. The molecular weight excluding hydrogens is 500 g/mol. The number of hydrogen-bond donors (Lipinski definition) is 0. The first kappa shape index (κ1) is 19.0. The van der Waals surface area contributed by atoms with Gasteiger partial charge >= 0.3 is 5.76 Å². The van der Waals surface area contributed by atoms with Crippen molar-refractivity contribution in [3.8, 4) is 16.9 Å². The van der Waals surface area contributed by atoms with Gasteiger partial charge in [0.15, 0.2) is 9.84 Å². The summed E-state index contributed by atoms with van der Waals surface area (Å²) in [5.74, 6) is -2.94. The third kappa shape index (κ3) is 3.53. The van der Waals surface area contributed by atoms with Crippen LogP contribution in [0.2, 0.25) is 0 Å². The Morgan fingerprint density at radius 2 is 1.62 bits per heavy atom. The Kier molecular flexibility index (Phi) is 4.93. The summed E-state index contributed by atoms with van der Waals surface area (Å²) in [5, 5.41) is 0. The fourth-order valence-corrected chi connectivity index (χ4v) is 4.42. The van der Waals surface area contributed by atoms with Crippen LogP contribution in [-0.2, 0) is 9.84 Å². The number of benzene rings is 2. The van der Waals surface area contributed by atoms with Gasteiger partial charge in [0.05, 0.1) is 11.4 Å². The van der Waals surface area contributed by atoms with Crippen LogP contribution in [0.15, 0.2) is 59.6 Å². The van der Waals surface area contributed by atoms with Gasteiger partial charge in [0.2, 0.25) is 0 Å². The second kappa shape index (κ2) is 6.75. The lowest BCUT2D eigenvalue weighted by atomic mass is 10.1. The molecule has 0 unspecified atom stereocenters. The highest BCUT2D eigenvalue weighted by molar-refractivity contribution is 9.11. The second-order valence-electron chi connectivity index (χ2n) is 5.38. The molecule has 3 aromatic rings. The smallest absolute Gasteiger partial charge is 0.415 e. The molecule has 136 valence electrons. The van der Waals surface area contributed by atoms with Crippen LogP contribution in [0, 0.1) is 11.6 Å². The summed E-state index contributed by atoms with van der Waals surface area (Å²) in [6, 6.07) is 6.21. The van der Waals surface area contributed by atoms with E-state index in [1.807, 2.05) is 0 Å². The summed E-state index contributed by atoms with van der Waals surface area (Å²) in [7, 11) is -3.94. The first-order valence-corrected chi connectivity index (χ1v) is 10.4. The highest BCUT2D eigenvalue weighted by atomic mass is 79.9. The van der Waals surface area contributed by atoms with E-state index < -0.39 is 32.1 Å². The van der Waals surface area contributed by atoms with Gasteiger partial charge in [0.25, 0.3) is 0 Å². The van der Waals surface area contributed by atoms with Gasteiger partial charge in [0.1, 0.15) is 22.8 Å². The van der Waals surface area contributed by atoms with Gasteiger partial charge in [0, 0.05) is 20.8 Å². The van der Waals surface area contributed by atoms with Crippen LogP contribution in [0.5, 0.6) is 0 Å². The standard InChI is InChI=1S/C16H9Br2F2NO4S/c1-26(23,24)15-6-12(19)11(5-13(15)20)14-7-25-16(22)21(14)10-3-8(17)2-9(18)4-10/h2-7H,1H3. The SMILES string of the molecule is CS(=O)(=O)c1cc(F)c(-c2coc(=O)n2-c2cc(Br)cc(Br)c2)cc1F. The average Bonchev–Trinajstić information content (AvgIpc) is 2.88. The molecule has 1 heterocycles. The summed E-state index contributed by atoms with van der Waals surface area (Å²) in [6.07, 6.45) is 1.76. The van der Waals surface area contributed by atoms with Crippen molar-refractivity contribution in [1.82, 2.24) is 4.57 Å². The Balaban J connectivity index is 2.28. The van der Waals surface area contributed by atoms with Crippen LogP contribution in [0.25, 0.3) is 16.9 Å².